The number of hydrogen-bond acceptors (Lipinski definition) is 2. The quantitative estimate of drug-likeness (QED) is 0.644. The summed E-state index contributed by atoms with van der Waals surface area (Å²) >= 11 is 0. The van der Waals surface area contributed by atoms with Gasteiger partial charge in [0.1, 0.15) is 5.75 Å². The highest BCUT2D eigenvalue weighted by Crippen LogP contribution is 2.26. The van der Waals surface area contributed by atoms with Crippen molar-refractivity contribution in [3.63, 3.8) is 0 Å². The number of aromatic carboxylic acids is 1. The van der Waals surface area contributed by atoms with Crippen LogP contribution < -0.4 is 0 Å². The smallest absolute Gasteiger partial charge is 0.335 e. The third-order valence-corrected chi connectivity index (χ3v) is 2.09. The van der Waals surface area contributed by atoms with Crippen molar-refractivity contribution in [1.82, 2.24) is 4.98 Å². The average Bonchev–Trinajstić information content (AvgIpc) is 2.45. The molecular weight excluding hydrogens is 182 g/mol. The maximum Gasteiger partial charge on any atom is 0.335 e. The minimum Gasteiger partial charge on any atom is -0.506 e. The van der Waals surface area contributed by atoms with Gasteiger partial charge in [-0.05, 0) is 25.1 Å². The molecule has 1 aromatic carbocycles. The zero-order valence-electron chi connectivity index (χ0n) is 7.53. The number of carbonyl (C=O) groups is 1. The molecule has 2 aromatic rings. The number of aromatic hydroxyl groups is 1. The zero-order valence-corrected chi connectivity index (χ0v) is 7.53. The van der Waals surface area contributed by atoms with Crippen LogP contribution in [0.15, 0.2) is 18.2 Å². The van der Waals surface area contributed by atoms with E-state index in [4.69, 9.17) is 5.11 Å². The van der Waals surface area contributed by atoms with Crippen molar-refractivity contribution in [2.24, 2.45) is 0 Å². The van der Waals surface area contributed by atoms with Crippen LogP contribution in [-0.4, -0.2) is 21.2 Å². The Bertz CT molecular complexity index is 513. The van der Waals surface area contributed by atoms with Crippen molar-refractivity contribution >= 4 is 16.9 Å². The van der Waals surface area contributed by atoms with Crippen LogP contribution in [0, 0.1) is 6.92 Å². The number of nitrogens with one attached hydrogen (secondary N) is 1. The molecular formula is C10H9NO3. The minimum atomic E-state index is -1.04. The van der Waals surface area contributed by atoms with E-state index in [1.54, 1.807) is 6.07 Å². The first-order valence-corrected chi connectivity index (χ1v) is 4.13. The van der Waals surface area contributed by atoms with Crippen molar-refractivity contribution in [3.8, 4) is 5.75 Å². The van der Waals surface area contributed by atoms with Crippen molar-refractivity contribution in [2.75, 3.05) is 0 Å². The average molecular weight is 191 g/mol. The predicted octanol–water partition coefficient (Wildman–Crippen LogP) is 1.88. The first-order valence-electron chi connectivity index (χ1n) is 4.13. The van der Waals surface area contributed by atoms with E-state index in [9.17, 15) is 9.90 Å². The fourth-order valence-corrected chi connectivity index (χ4v) is 1.49. The second-order valence-electron chi connectivity index (χ2n) is 3.22. The van der Waals surface area contributed by atoms with Crippen LogP contribution in [0.1, 0.15) is 16.1 Å². The van der Waals surface area contributed by atoms with Gasteiger partial charge in [-0.2, -0.15) is 0 Å². The molecule has 0 amide bonds. The Morgan fingerprint density at radius 2 is 2.07 bits per heavy atom. The Hall–Kier alpha value is -1.97. The zero-order chi connectivity index (χ0) is 10.3. The van der Waals surface area contributed by atoms with E-state index in [2.05, 4.69) is 4.98 Å². The number of phenols is 1. The summed E-state index contributed by atoms with van der Waals surface area (Å²) in [6, 6.07) is 4.56. The molecule has 0 aliphatic heterocycles. The summed E-state index contributed by atoms with van der Waals surface area (Å²) in [5, 5.41) is 19.0. The van der Waals surface area contributed by atoms with E-state index < -0.39 is 5.97 Å². The number of carboxylic acids is 1. The van der Waals surface area contributed by atoms with Gasteiger partial charge in [0.2, 0.25) is 0 Å². The van der Waals surface area contributed by atoms with E-state index in [1.807, 2.05) is 6.92 Å². The first kappa shape index (κ1) is 8.62. The molecule has 0 unspecified atom stereocenters. The van der Waals surface area contributed by atoms with E-state index in [0.717, 1.165) is 5.69 Å². The third-order valence-electron chi connectivity index (χ3n) is 2.09. The Morgan fingerprint density at radius 1 is 1.36 bits per heavy atom. The summed E-state index contributed by atoms with van der Waals surface area (Å²) in [5.74, 6) is -1.07. The van der Waals surface area contributed by atoms with Gasteiger partial charge in [0.05, 0.1) is 11.1 Å². The van der Waals surface area contributed by atoms with E-state index in [-0.39, 0.29) is 11.3 Å². The van der Waals surface area contributed by atoms with Gasteiger partial charge in [0.15, 0.2) is 0 Å². The summed E-state index contributed by atoms with van der Waals surface area (Å²) in [6.07, 6.45) is 0. The van der Waals surface area contributed by atoms with Gasteiger partial charge in [-0.3, -0.25) is 0 Å². The maximum atomic E-state index is 10.7. The normalized spacial score (nSPS) is 10.6. The van der Waals surface area contributed by atoms with Crippen LogP contribution in [0.25, 0.3) is 10.9 Å². The van der Waals surface area contributed by atoms with Gasteiger partial charge in [0, 0.05) is 11.1 Å². The molecule has 14 heavy (non-hydrogen) atoms. The molecule has 0 aliphatic rings. The number of aromatic amines is 1. The number of benzene rings is 1. The number of fused-ring (bicyclic) bond motifs is 1. The van der Waals surface area contributed by atoms with Crippen LogP contribution >= 0.6 is 0 Å². The highest BCUT2D eigenvalue weighted by Gasteiger charge is 2.09. The SMILES string of the molecule is Cc1cc2cc(C(=O)O)cc(O)c2[nH]1. The highest BCUT2D eigenvalue weighted by molar-refractivity contribution is 5.96. The number of phenolic OH excluding ortho intramolecular Hbond substituents is 1. The summed E-state index contributed by atoms with van der Waals surface area (Å²) < 4.78 is 0. The largest absolute Gasteiger partial charge is 0.506 e. The molecule has 0 saturated carbocycles. The Balaban J connectivity index is 2.77. The van der Waals surface area contributed by atoms with Gasteiger partial charge in [0.25, 0.3) is 0 Å². The Kier molecular flexibility index (Phi) is 1.70. The lowest BCUT2D eigenvalue weighted by Crippen LogP contribution is -1.95. The molecule has 0 atom stereocenters. The van der Waals surface area contributed by atoms with Crippen LogP contribution in [0.5, 0.6) is 5.75 Å². The number of H-pyrrole nitrogens is 1. The number of rotatable bonds is 1. The lowest BCUT2D eigenvalue weighted by atomic mass is 10.1. The molecule has 0 aliphatic carbocycles. The molecule has 0 spiro atoms. The maximum absolute atomic E-state index is 10.7. The standard InChI is InChI=1S/C10H9NO3/c1-5-2-6-3-7(10(13)14)4-8(12)9(6)11-5/h2-4,11-12H,1H3,(H,13,14). The summed E-state index contributed by atoms with van der Waals surface area (Å²) in [4.78, 5) is 13.6. The van der Waals surface area contributed by atoms with Gasteiger partial charge < -0.3 is 15.2 Å². The van der Waals surface area contributed by atoms with Gasteiger partial charge in [-0.25, -0.2) is 4.79 Å². The molecule has 1 heterocycles. The van der Waals surface area contributed by atoms with Crippen molar-refractivity contribution in [1.29, 1.82) is 0 Å². The van der Waals surface area contributed by atoms with E-state index in [1.165, 1.54) is 12.1 Å². The fourth-order valence-electron chi connectivity index (χ4n) is 1.49. The van der Waals surface area contributed by atoms with Crippen LogP contribution in [-0.2, 0) is 0 Å². The number of aryl methyl sites for hydroxylation is 1. The molecule has 72 valence electrons. The summed E-state index contributed by atoms with van der Waals surface area (Å²) in [6.45, 7) is 1.85. The Labute approximate surface area is 79.8 Å². The van der Waals surface area contributed by atoms with Crippen molar-refractivity contribution < 1.29 is 15.0 Å². The van der Waals surface area contributed by atoms with E-state index in [0.29, 0.717) is 10.9 Å². The number of carboxylic acid groups (broad SMARTS) is 1. The van der Waals surface area contributed by atoms with Gasteiger partial charge in [-0.1, -0.05) is 0 Å². The molecule has 2 rings (SSSR count). The molecule has 4 heteroatoms. The number of hydrogen-bond donors (Lipinski definition) is 3. The molecule has 3 N–H and O–H groups in total. The molecule has 0 radical (unpaired) electrons. The third kappa shape index (κ3) is 1.21. The van der Waals surface area contributed by atoms with Gasteiger partial charge in [-0.15, -0.1) is 0 Å². The summed E-state index contributed by atoms with van der Waals surface area (Å²) in [7, 11) is 0. The summed E-state index contributed by atoms with van der Waals surface area (Å²) in [5.41, 5.74) is 1.55. The molecule has 0 bridgehead atoms. The number of aromatic nitrogens is 1. The topological polar surface area (TPSA) is 73.3 Å². The molecule has 0 saturated heterocycles. The monoisotopic (exact) mass is 191 g/mol. The predicted molar refractivity (Wildman–Crippen MR) is 51.7 cm³/mol. The first-order chi connectivity index (χ1) is 6.58. The molecule has 1 aromatic heterocycles. The van der Waals surface area contributed by atoms with E-state index >= 15 is 0 Å². The Morgan fingerprint density at radius 3 is 2.71 bits per heavy atom. The lowest BCUT2D eigenvalue weighted by Gasteiger charge is -1.97. The molecule has 0 fully saturated rings. The van der Waals surface area contributed by atoms with Crippen LogP contribution in [0.3, 0.4) is 0 Å². The van der Waals surface area contributed by atoms with Crippen molar-refractivity contribution in [2.45, 2.75) is 6.92 Å². The fraction of sp³-hybridized carbons (Fsp3) is 0.100. The van der Waals surface area contributed by atoms with Crippen LogP contribution in [0.4, 0.5) is 0 Å². The second kappa shape index (κ2) is 2.77. The van der Waals surface area contributed by atoms with Crippen LogP contribution in [0.2, 0.25) is 0 Å². The highest BCUT2D eigenvalue weighted by atomic mass is 16.4. The lowest BCUT2D eigenvalue weighted by molar-refractivity contribution is 0.0696. The molecule has 4 nitrogen and oxygen atoms in total. The second-order valence-corrected chi connectivity index (χ2v) is 3.22. The van der Waals surface area contributed by atoms with Crippen molar-refractivity contribution in [3.05, 3.63) is 29.5 Å². The van der Waals surface area contributed by atoms with Gasteiger partial charge >= 0.3 is 5.97 Å². The minimum absolute atomic E-state index is 0.0343.